The molecule has 0 aromatic carbocycles. The third-order valence-corrected chi connectivity index (χ3v) is 2.44. The summed E-state index contributed by atoms with van der Waals surface area (Å²) in [7, 11) is 0. The summed E-state index contributed by atoms with van der Waals surface area (Å²) in [5.74, 6) is 0.672. The van der Waals surface area contributed by atoms with Gasteiger partial charge in [-0.25, -0.2) is 0 Å². The second kappa shape index (κ2) is 3.50. The molecule has 3 heteroatoms. The van der Waals surface area contributed by atoms with Crippen LogP contribution in [0.25, 0.3) is 0 Å². The summed E-state index contributed by atoms with van der Waals surface area (Å²) in [6.07, 6.45) is 3.16. The second-order valence-corrected chi connectivity index (χ2v) is 4.12. The molecule has 1 aromatic rings. The summed E-state index contributed by atoms with van der Waals surface area (Å²) >= 11 is 0. The smallest absolute Gasteiger partial charge is 0.0554 e. The van der Waals surface area contributed by atoms with Crippen LogP contribution in [0.4, 0.5) is 0 Å². The first-order valence-electron chi connectivity index (χ1n) is 5.01. The molecular formula is C10H17N3. The lowest BCUT2D eigenvalue weighted by atomic mass is 10.1. The van der Waals surface area contributed by atoms with Crippen LogP contribution in [0.3, 0.4) is 0 Å². The first kappa shape index (κ1) is 8.75. The van der Waals surface area contributed by atoms with Gasteiger partial charge in [0.1, 0.15) is 0 Å². The largest absolute Gasteiger partial charge is 0.311 e. The van der Waals surface area contributed by atoms with Crippen LogP contribution >= 0.6 is 0 Å². The molecule has 0 unspecified atom stereocenters. The molecule has 1 aliphatic rings. The zero-order valence-corrected chi connectivity index (χ0v) is 8.38. The molecule has 0 saturated carbocycles. The van der Waals surface area contributed by atoms with E-state index in [1.807, 2.05) is 6.20 Å². The number of fused-ring (bicyclic) bond motifs is 1. The van der Waals surface area contributed by atoms with E-state index in [9.17, 15) is 0 Å². The van der Waals surface area contributed by atoms with E-state index >= 15 is 0 Å². The average Bonchev–Trinajstić information content (AvgIpc) is 2.48. The molecule has 0 saturated heterocycles. The van der Waals surface area contributed by atoms with Gasteiger partial charge in [-0.1, -0.05) is 13.8 Å². The molecule has 3 nitrogen and oxygen atoms in total. The first-order chi connectivity index (χ1) is 6.27. The highest BCUT2D eigenvalue weighted by Crippen LogP contribution is 2.14. The van der Waals surface area contributed by atoms with Crippen LogP contribution in [0.5, 0.6) is 0 Å². The summed E-state index contributed by atoms with van der Waals surface area (Å²) in [5, 5.41) is 7.79. The third-order valence-electron chi connectivity index (χ3n) is 2.44. The van der Waals surface area contributed by atoms with Gasteiger partial charge in [0, 0.05) is 13.1 Å². The molecule has 1 N–H and O–H groups in total. The normalized spacial score (nSPS) is 16.2. The number of hydrogen-bond donors (Lipinski definition) is 1. The van der Waals surface area contributed by atoms with Crippen LogP contribution in [0, 0.1) is 5.92 Å². The van der Waals surface area contributed by atoms with Gasteiger partial charge in [-0.3, -0.25) is 4.68 Å². The summed E-state index contributed by atoms with van der Waals surface area (Å²) in [4.78, 5) is 0. The molecule has 13 heavy (non-hydrogen) atoms. The van der Waals surface area contributed by atoms with Crippen molar-refractivity contribution in [3.05, 3.63) is 17.5 Å². The zero-order valence-electron chi connectivity index (χ0n) is 8.38. The van der Waals surface area contributed by atoms with Crippen LogP contribution in [-0.2, 0) is 19.5 Å². The molecule has 72 valence electrons. The molecule has 0 bridgehead atoms. The van der Waals surface area contributed by atoms with E-state index in [0.717, 1.165) is 26.1 Å². The third kappa shape index (κ3) is 1.75. The number of aromatic nitrogens is 2. The number of rotatable bonds is 2. The quantitative estimate of drug-likeness (QED) is 0.739. The molecule has 0 amide bonds. The highest BCUT2D eigenvalue weighted by atomic mass is 15.3. The van der Waals surface area contributed by atoms with Crippen molar-refractivity contribution in [3.8, 4) is 0 Å². The lowest BCUT2D eigenvalue weighted by molar-refractivity contribution is 0.456. The summed E-state index contributed by atoms with van der Waals surface area (Å²) in [5.41, 5.74) is 2.82. The Morgan fingerprint density at radius 2 is 2.46 bits per heavy atom. The highest BCUT2D eigenvalue weighted by Gasteiger charge is 2.14. The molecule has 0 radical (unpaired) electrons. The van der Waals surface area contributed by atoms with Gasteiger partial charge in [-0.05, 0) is 24.4 Å². The molecule has 0 aliphatic carbocycles. The van der Waals surface area contributed by atoms with E-state index < -0.39 is 0 Å². The molecule has 1 aliphatic heterocycles. The minimum absolute atomic E-state index is 0.672. The van der Waals surface area contributed by atoms with Gasteiger partial charge in [0.05, 0.1) is 11.9 Å². The highest BCUT2D eigenvalue weighted by molar-refractivity contribution is 5.20. The Kier molecular flexibility index (Phi) is 2.36. The number of nitrogens with zero attached hydrogens (tertiary/aromatic N) is 2. The number of hydrogen-bond acceptors (Lipinski definition) is 2. The first-order valence-corrected chi connectivity index (χ1v) is 5.01. The van der Waals surface area contributed by atoms with Crippen molar-refractivity contribution in [1.29, 1.82) is 0 Å². The predicted molar refractivity (Wildman–Crippen MR) is 52.5 cm³/mol. The van der Waals surface area contributed by atoms with E-state index in [1.165, 1.54) is 11.3 Å². The van der Waals surface area contributed by atoms with Crippen molar-refractivity contribution in [1.82, 2.24) is 15.1 Å². The van der Waals surface area contributed by atoms with Crippen molar-refractivity contribution in [2.45, 2.75) is 33.4 Å². The van der Waals surface area contributed by atoms with Crippen molar-refractivity contribution in [2.75, 3.05) is 6.54 Å². The van der Waals surface area contributed by atoms with Gasteiger partial charge in [0.25, 0.3) is 0 Å². The van der Waals surface area contributed by atoms with Crippen molar-refractivity contribution in [2.24, 2.45) is 5.92 Å². The summed E-state index contributed by atoms with van der Waals surface area (Å²) < 4.78 is 2.14. The minimum atomic E-state index is 0.672. The Morgan fingerprint density at radius 3 is 3.23 bits per heavy atom. The van der Waals surface area contributed by atoms with Gasteiger partial charge in [-0.2, -0.15) is 5.10 Å². The van der Waals surface area contributed by atoms with Gasteiger partial charge in [0.15, 0.2) is 0 Å². The molecule has 0 spiro atoms. The van der Waals surface area contributed by atoms with Gasteiger partial charge in [-0.15, -0.1) is 0 Å². The number of nitrogens with one attached hydrogen (secondary N) is 1. The average molecular weight is 179 g/mol. The van der Waals surface area contributed by atoms with Crippen LogP contribution in [0.2, 0.25) is 0 Å². The zero-order chi connectivity index (χ0) is 9.26. The Labute approximate surface area is 79.1 Å². The fraction of sp³-hybridized carbons (Fsp3) is 0.700. The minimum Gasteiger partial charge on any atom is -0.311 e. The van der Waals surface area contributed by atoms with E-state index in [1.54, 1.807) is 0 Å². The van der Waals surface area contributed by atoms with Gasteiger partial charge in [0.2, 0.25) is 0 Å². The molecular weight excluding hydrogens is 162 g/mol. The fourth-order valence-corrected chi connectivity index (χ4v) is 1.80. The van der Waals surface area contributed by atoms with E-state index in [2.05, 4.69) is 28.9 Å². The van der Waals surface area contributed by atoms with E-state index in [4.69, 9.17) is 0 Å². The predicted octanol–water partition coefficient (Wildman–Crippen LogP) is 1.18. The Balaban J connectivity index is 2.21. The molecule has 0 atom stereocenters. The molecule has 2 rings (SSSR count). The standard InChI is InChI=1S/C10H17N3/c1-8(2)7-13-10-6-11-4-3-9(10)5-12-13/h5,8,11H,3-4,6-7H2,1-2H3. The second-order valence-electron chi connectivity index (χ2n) is 4.12. The van der Waals surface area contributed by atoms with E-state index in [0.29, 0.717) is 5.92 Å². The topological polar surface area (TPSA) is 29.9 Å². The van der Waals surface area contributed by atoms with Crippen molar-refractivity contribution >= 4 is 0 Å². The van der Waals surface area contributed by atoms with Crippen molar-refractivity contribution in [3.63, 3.8) is 0 Å². The lowest BCUT2D eigenvalue weighted by Crippen LogP contribution is -2.25. The monoisotopic (exact) mass is 179 g/mol. The Hall–Kier alpha value is -0.830. The fourth-order valence-electron chi connectivity index (χ4n) is 1.80. The van der Waals surface area contributed by atoms with Gasteiger partial charge >= 0.3 is 0 Å². The summed E-state index contributed by atoms with van der Waals surface area (Å²) in [6, 6.07) is 0. The summed E-state index contributed by atoms with van der Waals surface area (Å²) in [6.45, 7) is 7.58. The van der Waals surface area contributed by atoms with Crippen LogP contribution in [-0.4, -0.2) is 16.3 Å². The Bertz CT molecular complexity index is 288. The van der Waals surface area contributed by atoms with Crippen LogP contribution < -0.4 is 5.32 Å². The van der Waals surface area contributed by atoms with E-state index in [-0.39, 0.29) is 0 Å². The molecule has 2 heterocycles. The van der Waals surface area contributed by atoms with Crippen LogP contribution in [0.15, 0.2) is 6.20 Å². The SMILES string of the molecule is CC(C)Cn1ncc2c1CNCC2. The maximum atomic E-state index is 4.41. The molecule has 1 aromatic heterocycles. The van der Waals surface area contributed by atoms with Crippen molar-refractivity contribution < 1.29 is 0 Å². The van der Waals surface area contributed by atoms with Crippen LogP contribution in [0.1, 0.15) is 25.1 Å². The lowest BCUT2D eigenvalue weighted by Gasteiger charge is -2.16. The Morgan fingerprint density at radius 1 is 1.62 bits per heavy atom. The van der Waals surface area contributed by atoms with Gasteiger partial charge < -0.3 is 5.32 Å². The maximum absolute atomic E-state index is 4.41. The molecule has 0 fully saturated rings. The maximum Gasteiger partial charge on any atom is 0.0554 e.